The third-order valence-corrected chi connectivity index (χ3v) is 5.05. The summed E-state index contributed by atoms with van der Waals surface area (Å²) in [7, 11) is -1.08. The molecule has 0 bridgehead atoms. The molecule has 3 heteroatoms. The molecule has 0 spiro atoms. The minimum atomic E-state index is -1.08. The molecule has 0 aliphatic heterocycles. The predicted octanol–water partition coefficient (Wildman–Crippen LogP) is 5.23. The average Bonchev–Trinajstić information content (AvgIpc) is 2.48. The number of hydrogen-bond donors (Lipinski definition) is 0. The zero-order valence-corrected chi connectivity index (χ0v) is 15.4. The molecule has 0 amide bonds. The van der Waals surface area contributed by atoms with Crippen molar-refractivity contribution < 1.29 is 4.21 Å². The monoisotopic (exact) mass is 327 g/mol. The van der Waals surface area contributed by atoms with E-state index in [1.165, 1.54) is 11.1 Å². The van der Waals surface area contributed by atoms with Gasteiger partial charge in [-0.1, -0.05) is 56.2 Å². The van der Waals surface area contributed by atoms with Crippen LogP contribution in [0.3, 0.4) is 0 Å². The van der Waals surface area contributed by atoms with E-state index in [1.807, 2.05) is 43.3 Å². The fraction of sp³-hybridized carbons (Fsp3) is 0.350. The average molecular weight is 327 g/mol. The van der Waals surface area contributed by atoms with Gasteiger partial charge in [-0.25, -0.2) is 0 Å². The highest BCUT2D eigenvalue weighted by Crippen LogP contribution is 2.23. The van der Waals surface area contributed by atoms with E-state index >= 15 is 0 Å². The van der Waals surface area contributed by atoms with E-state index in [0.29, 0.717) is 5.75 Å². The first-order valence-electron chi connectivity index (χ1n) is 7.85. The maximum Gasteiger partial charge on any atom is 0.0672 e. The van der Waals surface area contributed by atoms with Crippen LogP contribution in [0.15, 0.2) is 58.4 Å². The lowest BCUT2D eigenvalue weighted by Gasteiger charge is -2.21. The van der Waals surface area contributed by atoms with Crippen molar-refractivity contribution >= 4 is 22.2 Å². The SMILES string of the molecule is Cc1ccc(N=C(CS(=O)c2ccc(C)cc2)C(C)(C)C)cc1. The Bertz CT molecular complexity index is 707. The van der Waals surface area contributed by atoms with Crippen LogP contribution in [0.1, 0.15) is 31.9 Å². The van der Waals surface area contributed by atoms with E-state index in [-0.39, 0.29) is 5.41 Å². The molecule has 0 saturated carbocycles. The Morgan fingerprint density at radius 2 is 1.39 bits per heavy atom. The van der Waals surface area contributed by atoms with Gasteiger partial charge in [-0.05, 0) is 38.1 Å². The predicted molar refractivity (Wildman–Crippen MR) is 100 cm³/mol. The first-order chi connectivity index (χ1) is 10.8. The highest BCUT2D eigenvalue weighted by molar-refractivity contribution is 7.85. The lowest BCUT2D eigenvalue weighted by molar-refractivity contribution is 0.588. The standard InChI is InChI=1S/C20H25NOS/c1-15-6-10-17(11-7-15)21-19(20(3,4)5)14-23(22)18-12-8-16(2)9-13-18/h6-13H,14H2,1-5H3. The topological polar surface area (TPSA) is 29.4 Å². The molecule has 2 nitrogen and oxygen atoms in total. The Labute approximate surface area is 142 Å². The van der Waals surface area contributed by atoms with Gasteiger partial charge in [0.2, 0.25) is 0 Å². The minimum absolute atomic E-state index is 0.120. The minimum Gasteiger partial charge on any atom is -0.256 e. The Morgan fingerprint density at radius 1 is 0.913 bits per heavy atom. The zero-order valence-electron chi connectivity index (χ0n) is 14.6. The Balaban J connectivity index is 2.27. The molecule has 2 aromatic rings. The van der Waals surface area contributed by atoms with Crippen LogP contribution in [0.4, 0.5) is 5.69 Å². The molecular formula is C20H25NOS. The van der Waals surface area contributed by atoms with E-state index in [2.05, 4.69) is 39.8 Å². The lowest BCUT2D eigenvalue weighted by Crippen LogP contribution is -2.26. The highest BCUT2D eigenvalue weighted by Gasteiger charge is 2.22. The largest absolute Gasteiger partial charge is 0.256 e. The Morgan fingerprint density at radius 3 is 1.87 bits per heavy atom. The number of aryl methyl sites for hydroxylation is 2. The molecule has 1 unspecified atom stereocenters. The molecule has 0 heterocycles. The fourth-order valence-corrected chi connectivity index (χ4v) is 3.44. The maximum atomic E-state index is 12.7. The smallest absolute Gasteiger partial charge is 0.0672 e. The van der Waals surface area contributed by atoms with Crippen molar-refractivity contribution in [3.8, 4) is 0 Å². The molecule has 1 atom stereocenters. The van der Waals surface area contributed by atoms with Gasteiger partial charge in [0.25, 0.3) is 0 Å². The highest BCUT2D eigenvalue weighted by atomic mass is 32.2. The number of benzene rings is 2. The van der Waals surface area contributed by atoms with Gasteiger partial charge < -0.3 is 0 Å². The maximum absolute atomic E-state index is 12.7. The summed E-state index contributed by atoms with van der Waals surface area (Å²) in [6, 6.07) is 16.0. The molecule has 0 aliphatic rings. The van der Waals surface area contributed by atoms with Gasteiger partial charge in [-0.3, -0.25) is 9.20 Å². The fourth-order valence-electron chi connectivity index (χ4n) is 2.09. The van der Waals surface area contributed by atoms with Crippen LogP contribution in [0, 0.1) is 19.3 Å². The van der Waals surface area contributed by atoms with E-state index < -0.39 is 10.8 Å². The summed E-state index contributed by atoms with van der Waals surface area (Å²) in [6.07, 6.45) is 0. The summed E-state index contributed by atoms with van der Waals surface area (Å²) in [5, 5.41) is 0. The second-order valence-corrected chi connectivity index (χ2v) is 8.40. The van der Waals surface area contributed by atoms with Crippen LogP contribution < -0.4 is 0 Å². The normalized spacial score (nSPS) is 13.9. The third kappa shape index (κ3) is 5.14. The van der Waals surface area contributed by atoms with Gasteiger partial charge in [0.1, 0.15) is 0 Å². The molecule has 122 valence electrons. The van der Waals surface area contributed by atoms with Gasteiger partial charge in [-0.2, -0.15) is 0 Å². The van der Waals surface area contributed by atoms with E-state index in [0.717, 1.165) is 16.3 Å². The molecule has 0 aliphatic carbocycles. The summed E-state index contributed by atoms with van der Waals surface area (Å²) in [4.78, 5) is 5.64. The molecule has 0 fully saturated rings. The molecule has 0 aromatic heterocycles. The summed E-state index contributed by atoms with van der Waals surface area (Å²) < 4.78 is 12.7. The van der Waals surface area contributed by atoms with Crippen molar-refractivity contribution in [3.63, 3.8) is 0 Å². The molecule has 2 aromatic carbocycles. The van der Waals surface area contributed by atoms with Gasteiger partial charge in [0.15, 0.2) is 0 Å². The number of rotatable bonds is 4. The second kappa shape index (κ2) is 7.22. The zero-order chi connectivity index (χ0) is 17.0. The van der Waals surface area contributed by atoms with Crippen molar-refractivity contribution in [1.29, 1.82) is 0 Å². The molecule has 23 heavy (non-hydrogen) atoms. The van der Waals surface area contributed by atoms with Crippen LogP contribution in [-0.2, 0) is 10.8 Å². The molecule has 0 saturated heterocycles. The van der Waals surface area contributed by atoms with Crippen molar-refractivity contribution in [1.82, 2.24) is 0 Å². The molecule has 0 radical (unpaired) electrons. The molecule has 0 N–H and O–H groups in total. The van der Waals surface area contributed by atoms with E-state index in [1.54, 1.807) is 0 Å². The summed E-state index contributed by atoms with van der Waals surface area (Å²) >= 11 is 0. The lowest BCUT2D eigenvalue weighted by atomic mass is 9.91. The number of nitrogens with zero attached hydrogens (tertiary/aromatic N) is 1. The second-order valence-electron chi connectivity index (χ2n) is 6.95. The van der Waals surface area contributed by atoms with E-state index in [4.69, 9.17) is 4.99 Å². The summed E-state index contributed by atoms with van der Waals surface area (Å²) in [5.74, 6) is 0.459. The third-order valence-electron chi connectivity index (χ3n) is 3.72. The van der Waals surface area contributed by atoms with E-state index in [9.17, 15) is 4.21 Å². The van der Waals surface area contributed by atoms with Crippen molar-refractivity contribution in [2.45, 2.75) is 39.5 Å². The van der Waals surface area contributed by atoms with Gasteiger partial charge >= 0.3 is 0 Å². The number of hydrogen-bond acceptors (Lipinski definition) is 2. The summed E-state index contributed by atoms with van der Waals surface area (Å²) in [5.41, 5.74) is 4.15. The first-order valence-corrected chi connectivity index (χ1v) is 9.17. The van der Waals surface area contributed by atoms with Crippen LogP contribution in [0.25, 0.3) is 0 Å². The first kappa shape index (κ1) is 17.6. The number of aliphatic imine (C=N–C) groups is 1. The Hall–Kier alpha value is -1.74. The Kier molecular flexibility index (Phi) is 5.53. The molecule has 2 rings (SSSR count). The van der Waals surface area contributed by atoms with Gasteiger partial charge in [0, 0.05) is 16.0 Å². The van der Waals surface area contributed by atoms with Crippen LogP contribution in [-0.4, -0.2) is 15.7 Å². The van der Waals surface area contributed by atoms with Gasteiger partial charge in [-0.15, -0.1) is 0 Å². The van der Waals surface area contributed by atoms with Crippen LogP contribution >= 0.6 is 0 Å². The summed E-state index contributed by atoms with van der Waals surface area (Å²) in [6.45, 7) is 10.4. The van der Waals surface area contributed by atoms with Crippen molar-refractivity contribution in [2.24, 2.45) is 10.4 Å². The quantitative estimate of drug-likeness (QED) is 0.707. The van der Waals surface area contributed by atoms with Gasteiger partial charge in [0.05, 0.1) is 22.2 Å². The van der Waals surface area contributed by atoms with Crippen molar-refractivity contribution in [2.75, 3.05) is 5.75 Å². The molecular weight excluding hydrogens is 302 g/mol. The van der Waals surface area contributed by atoms with Crippen molar-refractivity contribution in [3.05, 3.63) is 59.7 Å². The van der Waals surface area contributed by atoms with Crippen LogP contribution in [0.5, 0.6) is 0 Å². The van der Waals surface area contributed by atoms with Crippen LogP contribution in [0.2, 0.25) is 0 Å².